The number of thiophene rings is 1. The average Bonchev–Trinajstić information content (AvgIpc) is 3.15. The Balaban J connectivity index is 1.34. The molecule has 4 rings (SSSR count). The van der Waals surface area contributed by atoms with E-state index < -0.39 is 5.60 Å². The number of aliphatic hydroxyl groups is 1. The fraction of sp³-hybridized carbons (Fsp3) is 0.684. The van der Waals surface area contributed by atoms with Crippen LogP contribution in [0.1, 0.15) is 48.9 Å². The molecule has 3 fully saturated rings. The lowest BCUT2D eigenvalue weighted by molar-refractivity contribution is -0.153. The molecular weight excluding hydrogens is 352 g/mol. The van der Waals surface area contributed by atoms with Gasteiger partial charge in [-0.15, -0.1) is 0 Å². The van der Waals surface area contributed by atoms with E-state index >= 15 is 0 Å². The van der Waals surface area contributed by atoms with E-state index in [0.717, 1.165) is 37.7 Å². The number of rotatable bonds is 3. The van der Waals surface area contributed by atoms with Gasteiger partial charge in [0.25, 0.3) is 5.91 Å². The molecule has 1 aliphatic carbocycles. The number of hydrogen-bond acceptors (Lipinski definition) is 5. The first-order chi connectivity index (χ1) is 12.5. The lowest BCUT2D eigenvalue weighted by atomic mass is 9.77. The van der Waals surface area contributed by atoms with Crippen LogP contribution in [0.3, 0.4) is 0 Å². The Kier molecular flexibility index (Phi) is 4.79. The molecule has 1 saturated carbocycles. The van der Waals surface area contributed by atoms with Gasteiger partial charge in [-0.25, -0.2) is 0 Å². The Bertz CT molecular complexity index is 663. The Morgan fingerprint density at radius 1 is 1.15 bits per heavy atom. The second kappa shape index (κ2) is 6.94. The molecule has 0 unspecified atom stereocenters. The first kappa shape index (κ1) is 17.9. The molecule has 2 amide bonds. The summed E-state index contributed by atoms with van der Waals surface area (Å²) in [4.78, 5) is 28.8. The molecule has 6 nitrogen and oxygen atoms in total. The molecule has 26 heavy (non-hydrogen) atoms. The third kappa shape index (κ3) is 3.52. The van der Waals surface area contributed by atoms with Crippen molar-refractivity contribution in [1.29, 1.82) is 0 Å². The van der Waals surface area contributed by atoms with Gasteiger partial charge in [0.1, 0.15) is 0 Å². The van der Waals surface area contributed by atoms with E-state index in [0.29, 0.717) is 32.8 Å². The molecule has 1 aromatic heterocycles. The van der Waals surface area contributed by atoms with E-state index in [1.807, 2.05) is 26.6 Å². The minimum Gasteiger partial charge on any atom is -0.389 e. The van der Waals surface area contributed by atoms with Crippen LogP contribution in [-0.4, -0.2) is 70.7 Å². The zero-order valence-electron chi connectivity index (χ0n) is 15.0. The summed E-state index contributed by atoms with van der Waals surface area (Å²) in [6.45, 7) is 3.02. The second-order valence-electron chi connectivity index (χ2n) is 7.91. The standard InChI is InChI=1S/C19H26N2O4S/c22-16(12-18(24)3-1-4-18)20-7-5-19(6-8-20)14-21(9-10-25-19)17(23)15-2-11-26-13-15/h2,11,13,24H,1,3-10,12,14H2. The van der Waals surface area contributed by atoms with Gasteiger partial charge in [0, 0.05) is 25.0 Å². The maximum Gasteiger partial charge on any atom is 0.254 e. The van der Waals surface area contributed by atoms with Gasteiger partial charge in [0.2, 0.25) is 5.91 Å². The summed E-state index contributed by atoms with van der Waals surface area (Å²) in [5.74, 6) is 0.115. The van der Waals surface area contributed by atoms with Crippen molar-refractivity contribution < 1.29 is 19.4 Å². The molecule has 0 radical (unpaired) electrons. The Morgan fingerprint density at radius 3 is 2.54 bits per heavy atom. The van der Waals surface area contributed by atoms with E-state index in [-0.39, 0.29) is 23.8 Å². The zero-order chi connectivity index (χ0) is 18.2. The van der Waals surface area contributed by atoms with Crippen molar-refractivity contribution in [3.8, 4) is 0 Å². The maximum atomic E-state index is 12.6. The normalized spacial score (nSPS) is 24.3. The molecule has 3 heterocycles. The maximum absolute atomic E-state index is 12.6. The molecule has 0 bridgehead atoms. The number of amides is 2. The van der Waals surface area contributed by atoms with E-state index in [4.69, 9.17) is 4.74 Å². The number of piperidine rings is 1. The number of hydrogen-bond donors (Lipinski definition) is 1. The van der Waals surface area contributed by atoms with Crippen molar-refractivity contribution in [1.82, 2.24) is 9.80 Å². The molecule has 1 spiro atoms. The van der Waals surface area contributed by atoms with Gasteiger partial charge in [-0.1, -0.05) is 0 Å². The van der Waals surface area contributed by atoms with Crippen LogP contribution in [0.25, 0.3) is 0 Å². The Labute approximate surface area is 157 Å². The van der Waals surface area contributed by atoms with Crippen molar-refractivity contribution >= 4 is 23.2 Å². The highest BCUT2D eigenvalue weighted by Gasteiger charge is 2.43. The number of nitrogens with zero attached hydrogens (tertiary/aromatic N) is 2. The molecule has 3 aliphatic rings. The third-order valence-electron chi connectivity index (χ3n) is 6.10. The lowest BCUT2D eigenvalue weighted by Crippen LogP contribution is -2.59. The predicted molar refractivity (Wildman–Crippen MR) is 98.1 cm³/mol. The Hall–Kier alpha value is -1.44. The van der Waals surface area contributed by atoms with E-state index in [1.165, 1.54) is 11.3 Å². The first-order valence-corrected chi connectivity index (χ1v) is 10.4. The number of carbonyl (C=O) groups is 2. The number of ether oxygens (including phenoxy) is 1. The average molecular weight is 378 g/mol. The van der Waals surface area contributed by atoms with Gasteiger partial charge in [-0.2, -0.15) is 11.3 Å². The van der Waals surface area contributed by atoms with Crippen molar-refractivity contribution in [2.75, 3.05) is 32.8 Å². The molecule has 0 aromatic carbocycles. The zero-order valence-corrected chi connectivity index (χ0v) is 15.8. The van der Waals surface area contributed by atoms with Gasteiger partial charge < -0.3 is 19.6 Å². The van der Waals surface area contributed by atoms with Crippen molar-refractivity contribution in [3.63, 3.8) is 0 Å². The van der Waals surface area contributed by atoms with Gasteiger partial charge in [-0.05, 0) is 43.6 Å². The molecule has 1 N–H and O–H groups in total. The number of carbonyl (C=O) groups excluding carboxylic acids is 2. The van der Waals surface area contributed by atoms with Gasteiger partial charge in [0.05, 0.1) is 36.3 Å². The highest BCUT2D eigenvalue weighted by atomic mass is 32.1. The van der Waals surface area contributed by atoms with E-state index in [2.05, 4.69) is 0 Å². The molecule has 1 aromatic rings. The molecule has 2 aliphatic heterocycles. The quantitative estimate of drug-likeness (QED) is 0.872. The summed E-state index contributed by atoms with van der Waals surface area (Å²) in [6.07, 6.45) is 4.20. The van der Waals surface area contributed by atoms with Crippen molar-refractivity contribution in [3.05, 3.63) is 22.4 Å². The van der Waals surface area contributed by atoms with Gasteiger partial charge >= 0.3 is 0 Å². The third-order valence-corrected chi connectivity index (χ3v) is 6.78. The lowest BCUT2D eigenvalue weighted by Gasteiger charge is -2.47. The van der Waals surface area contributed by atoms with Crippen molar-refractivity contribution in [2.24, 2.45) is 0 Å². The number of likely N-dealkylation sites (tertiary alicyclic amines) is 1. The molecule has 142 valence electrons. The molecule has 0 atom stereocenters. The summed E-state index contributed by atoms with van der Waals surface area (Å²) in [5, 5.41) is 14.0. The fourth-order valence-electron chi connectivity index (χ4n) is 4.21. The van der Waals surface area contributed by atoms with Crippen LogP contribution in [0, 0.1) is 0 Å². The van der Waals surface area contributed by atoms with Gasteiger partial charge in [-0.3, -0.25) is 9.59 Å². The fourth-order valence-corrected chi connectivity index (χ4v) is 4.84. The molecule has 7 heteroatoms. The largest absolute Gasteiger partial charge is 0.389 e. The minimum atomic E-state index is -0.767. The predicted octanol–water partition coefficient (Wildman–Crippen LogP) is 1.89. The van der Waals surface area contributed by atoms with Crippen molar-refractivity contribution in [2.45, 2.75) is 49.7 Å². The summed E-state index contributed by atoms with van der Waals surface area (Å²) >= 11 is 1.53. The SMILES string of the molecule is O=C(CC1(O)CCC1)N1CCC2(CC1)CN(C(=O)c1ccsc1)CCO2. The van der Waals surface area contributed by atoms with Crippen LogP contribution in [0.15, 0.2) is 16.8 Å². The van der Waals surface area contributed by atoms with Crippen LogP contribution >= 0.6 is 11.3 Å². The smallest absolute Gasteiger partial charge is 0.254 e. The summed E-state index contributed by atoms with van der Waals surface area (Å²) in [6, 6.07) is 1.86. The van der Waals surface area contributed by atoms with E-state index in [9.17, 15) is 14.7 Å². The Morgan fingerprint density at radius 2 is 1.92 bits per heavy atom. The van der Waals surface area contributed by atoms with Crippen LogP contribution in [0.4, 0.5) is 0 Å². The van der Waals surface area contributed by atoms with Crippen LogP contribution in [0.2, 0.25) is 0 Å². The van der Waals surface area contributed by atoms with Crippen LogP contribution in [0.5, 0.6) is 0 Å². The highest BCUT2D eigenvalue weighted by Crippen LogP contribution is 2.36. The van der Waals surface area contributed by atoms with Gasteiger partial charge in [0.15, 0.2) is 0 Å². The first-order valence-electron chi connectivity index (χ1n) is 9.44. The van der Waals surface area contributed by atoms with Crippen LogP contribution < -0.4 is 0 Å². The summed E-state index contributed by atoms with van der Waals surface area (Å²) in [5.41, 5.74) is -0.362. The van der Waals surface area contributed by atoms with E-state index in [1.54, 1.807) is 0 Å². The second-order valence-corrected chi connectivity index (χ2v) is 8.69. The monoisotopic (exact) mass is 378 g/mol. The summed E-state index contributed by atoms with van der Waals surface area (Å²) in [7, 11) is 0. The number of morpholine rings is 1. The highest BCUT2D eigenvalue weighted by molar-refractivity contribution is 7.08. The molecule has 2 saturated heterocycles. The summed E-state index contributed by atoms with van der Waals surface area (Å²) < 4.78 is 6.09. The minimum absolute atomic E-state index is 0.0454. The topological polar surface area (TPSA) is 70.1 Å². The van der Waals surface area contributed by atoms with Crippen LogP contribution in [-0.2, 0) is 9.53 Å². The molecular formula is C19H26N2O4S.